The summed E-state index contributed by atoms with van der Waals surface area (Å²) in [6, 6.07) is 4.99. The number of phenolic OH excluding ortho intramolecular Hbond substituents is 1. The maximum absolute atomic E-state index is 9.22. The van der Waals surface area contributed by atoms with Crippen LogP contribution < -0.4 is 4.74 Å². The summed E-state index contributed by atoms with van der Waals surface area (Å²) in [5.41, 5.74) is 0.437. The van der Waals surface area contributed by atoms with E-state index < -0.39 is 5.60 Å². The number of hydrogen-bond donors (Lipinski definition) is 2. The van der Waals surface area contributed by atoms with Gasteiger partial charge in [0.15, 0.2) is 0 Å². The summed E-state index contributed by atoms with van der Waals surface area (Å²) in [6.07, 6.45) is 0.646. The standard InChI is InChI=1S/C10H12O3/c1-10(6-11)5-7-4-8(12)2-3-9(7)13-10/h2-4,11-12H,5-6H2,1H3. The second-order valence-corrected chi connectivity index (χ2v) is 3.68. The molecule has 0 aliphatic carbocycles. The zero-order chi connectivity index (χ0) is 9.47. The van der Waals surface area contributed by atoms with Crippen LogP contribution in [-0.2, 0) is 6.42 Å². The van der Waals surface area contributed by atoms with Gasteiger partial charge in [-0.15, -0.1) is 0 Å². The Bertz CT molecular complexity index is 335. The number of aliphatic hydroxyl groups excluding tert-OH is 1. The van der Waals surface area contributed by atoms with Crippen molar-refractivity contribution in [1.82, 2.24) is 0 Å². The van der Waals surface area contributed by atoms with Gasteiger partial charge in [-0.1, -0.05) is 0 Å². The number of benzene rings is 1. The quantitative estimate of drug-likeness (QED) is 0.679. The topological polar surface area (TPSA) is 49.7 Å². The van der Waals surface area contributed by atoms with Crippen molar-refractivity contribution in [1.29, 1.82) is 0 Å². The van der Waals surface area contributed by atoms with Gasteiger partial charge in [-0.3, -0.25) is 0 Å². The fourth-order valence-electron chi connectivity index (χ4n) is 1.60. The lowest BCUT2D eigenvalue weighted by molar-refractivity contribution is 0.0446. The monoisotopic (exact) mass is 180 g/mol. The highest BCUT2D eigenvalue weighted by molar-refractivity contribution is 5.43. The van der Waals surface area contributed by atoms with Crippen molar-refractivity contribution >= 4 is 0 Å². The Morgan fingerprint density at radius 3 is 3.00 bits per heavy atom. The fraction of sp³-hybridized carbons (Fsp3) is 0.400. The van der Waals surface area contributed by atoms with Gasteiger partial charge in [0.05, 0.1) is 6.61 Å². The van der Waals surface area contributed by atoms with Crippen LogP contribution in [0.25, 0.3) is 0 Å². The summed E-state index contributed by atoms with van der Waals surface area (Å²) in [5, 5.41) is 18.3. The van der Waals surface area contributed by atoms with Crippen LogP contribution in [0.2, 0.25) is 0 Å². The molecular formula is C10H12O3. The number of hydrogen-bond acceptors (Lipinski definition) is 3. The molecule has 1 aromatic carbocycles. The van der Waals surface area contributed by atoms with Crippen molar-refractivity contribution in [2.45, 2.75) is 18.9 Å². The van der Waals surface area contributed by atoms with Gasteiger partial charge in [0, 0.05) is 12.0 Å². The highest BCUT2D eigenvalue weighted by Crippen LogP contribution is 2.36. The highest BCUT2D eigenvalue weighted by Gasteiger charge is 2.34. The third kappa shape index (κ3) is 1.35. The van der Waals surface area contributed by atoms with E-state index in [1.165, 1.54) is 0 Å². The Morgan fingerprint density at radius 2 is 2.31 bits per heavy atom. The molecule has 2 rings (SSSR count). The van der Waals surface area contributed by atoms with E-state index in [1.54, 1.807) is 18.2 Å². The Kier molecular flexibility index (Phi) is 1.70. The van der Waals surface area contributed by atoms with Crippen LogP contribution in [0.15, 0.2) is 18.2 Å². The number of ether oxygens (including phenoxy) is 1. The van der Waals surface area contributed by atoms with Gasteiger partial charge >= 0.3 is 0 Å². The third-order valence-corrected chi connectivity index (χ3v) is 2.30. The normalized spacial score (nSPS) is 25.4. The van der Waals surface area contributed by atoms with Crippen molar-refractivity contribution in [3.8, 4) is 11.5 Å². The predicted octanol–water partition coefficient (Wildman–Crippen LogP) is 1.08. The molecular weight excluding hydrogens is 168 g/mol. The predicted molar refractivity (Wildman–Crippen MR) is 47.9 cm³/mol. The van der Waals surface area contributed by atoms with Crippen LogP contribution >= 0.6 is 0 Å². The Balaban J connectivity index is 2.35. The number of rotatable bonds is 1. The number of aliphatic hydroxyl groups is 1. The smallest absolute Gasteiger partial charge is 0.133 e. The van der Waals surface area contributed by atoms with Crippen molar-refractivity contribution in [2.75, 3.05) is 6.61 Å². The maximum atomic E-state index is 9.22. The molecule has 1 heterocycles. The van der Waals surface area contributed by atoms with Crippen molar-refractivity contribution in [3.63, 3.8) is 0 Å². The first-order chi connectivity index (χ1) is 6.13. The van der Waals surface area contributed by atoms with Crippen LogP contribution in [0.3, 0.4) is 0 Å². The van der Waals surface area contributed by atoms with Crippen molar-refractivity contribution < 1.29 is 14.9 Å². The zero-order valence-corrected chi connectivity index (χ0v) is 7.45. The molecule has 1 aromatic rings. The molecule has 0 saturated heterocycles. The Morgan fingerprint density at radius 1 is 1.54 bits per heavy atom. The molecule has 0 spiro atoms. The second kappa shape index (κ2) is 2.64. The van der Waals surface area contributed by atoms with Crippen LogP contribution in [-0.4, -0.2) is 22.4 Å². The number of phenols is 1. The molecule has 0 radical (unpaired) electrons. The van der Waals surface area contributed by atoms with E-state index in [2.05, 4.69) is 0 Å². The van der Waals surface area contributed by atoms with Gasteiger partial charge in [-0.2, -0.15) is 0 Å². The lowest BCUT2D eigenvalue weighted by Crippen LogP contribution is -2.34. The van der Waals surface area contributed by atoms with Crippen molar-refractivity contribution in [2.24, 2.45) is 0 Å². The summed E-state index contributed by atoms with van der Waals surface area (Å²) < 4.78 is 5.54. The lowest BCUT2D eigenvalue weighted by atomic mass is 10.0. The fourth-order valence-corrected chi connectivity index (χ4v) is 1.60. The van der Waals surface area contributed by atoms with Gasteiger partial charge in [-0.05, 0) is 25.1 Å². The molecule has 0 amide bonds. The minimum absolute atomic E-state index is 0.0115. The molecule has 1 aliphatic rings. The molecule has 2 N–H and O–H groups in total. The van der Waals surface area contributed by atoms with E-state index in [4.69, 9.17) is 9.84 Å². The van der Waals surface area contributed by atoms with Gasteiger partial charge in [0.1, 0.15) is 17.1 Å². The summed E-state index contributed by atoms with van der Waals surface area (Å²) in [6.45, 7) is 1.84. The molecule has 3 heteroatoms. The maximum Gasteiger partial charge on any atom is 0.133 e. The van der Waals surface area contributed by atoms with Crippen LogP contribution in [0, 0.1) is 0 Å². The van der Waals surface area contributed by atoms with E-state index >= 15 is 0 Å². The summed E-state index contributed by atoms with van der Waals surface area (Å²) in [4.78, 5) is 0. The van der Waals surface area contributed by atoms with E-state index in [0.29, 0.717) is 6.42 Å². The average molecular weight is 180 g/mol. The van der Waals surface area contributed by atoms with Crippen LogP contribution in [0.4, 0.5) is 0 Å². The molecule has 13 heavy (non-hydrogen) atoms. The van der Waals surface area contributed by atoms with Crippen molar-refractivity contribution in [3.05, 3.63) is 23.8 Å². The van der Waals surface area contributed by atoms with Gasteiger partial charge in [0.25, 0.3) is 0 Å². The average Bonchev–Trinajstić information content (AvgIpc) is 2.42. The minimum Gasteiger partial charge on any atom is -0.508 e. The number of fused-ring (bicyclic) bond motifs is 1. The van der Waals surface area contributed by atoms with Gasteiger partial charge in [-0.25, -0.2) is 0 Å². The first-order valence-corrected chi connectivity index (χ1v) is 4.25. The SMILES string of the molecule is CC1(CO)Cc2cc(O)ccc2O1. The molecule has 1 aliphatic heterocycles. The zero-order valence-electron chi connectivity index (χ0n) is 7.45. The lowest BCUT2D eigenvalue weighted by Gasteiger charge is -2.20. The summed E-state index contributed by atoms with van der Waals surface area (Å²) >= 11 is 0. The van der Waals surface area contributed by atoms with Crippen LogP contribution in [0.5, 0.6) is 11.5 Å². The molecule has 3 nitrogen and oxygen atoms in total. The molecule has 0 fully saturated rings. The van der Waals surface area contributed by atoms with E-state index in [-0.39, 0.29) is 12.4 Å². The first-order valence-electron chi connectivity index (χ1n) is 4.25. The van der Waals surface area contributed by atoms with Gasteiger partial charge in [0.2, 0.25) is 0 Å². The molecule has 70 valence electrons. The van der Waals surface area contributed by atoms with E-state index in [9.17, 15) is 5.11 Å². The Labute approximate surface area is 76.6 Å². The highest BCUT2D eigenvalue weighted by atomic mass is 16.5. The summed E-state index contributed by atoms with van der Waals surface area (Å²) in [5.74, 6) is 0.999. The second-order valence-electron chi connectivity index (χ2n) is 3.68. The van der Waals surface area contributed by atoms with Gasteiger partial charge < -0.3 is 14.9 Å². The largest absolute Gasteiger partial charge is 0.508 e. The summed E-state index contributed by atoms with van der Waals surface area (Å²) in [7, 11) is 0. The number of aromatic hydroxyl groups is 1. The Hall–Kier alpha value is -1.22. The van der Waals surface area contributed by atoms with E-state index in [1.807, 2.05) is 6.92 Å². The molecule has 0 bridgehead atoms. The molecule has 1 atom stereocenters. The minimum atomic E-state index is -0.518. The molecule has 0 saturated carbocycles. The molecule has 0 aromatic heterocycles. The third-order valence-electron chi connectivity index (χ3n) is 2.30. The first kappa shape index (κ1) is 8.38. The van der Waals surface area contributed by atoms with Crippen LogP contribution in [0.1, 0.15) is 12.5 Å². The van der Waals surface area contributed by atoms with E-state index in [0.717, 1.165) is 11.3 Å². The molecule has 1 unspecified atom stereocenters.